The molecular formula is C15H14F3NOS. The van der Waals surface area contributed by atoms with Crippen LogP contribution in [0.15, 0.2) is 47.4 Å². The molecule has 0 aliphatic carbocycles. The van der Waals surface area contributed by atoms with Gasteiger partial charge in [0.05, 0.1) is 27.0 Å². The number of benzene rings is 2. The van der Waals surface area contributed by atoms with Gasteiger partial charge in [0.1, 0.15) is 0 Å². The average Bonchev–Trinajstić information content (AvgIpc) is 2.38. The Hall–Kier alpha value is -1.82. The Labute approximate surface area is 123 Å². The fourth-order valence-corrected chi connectivity index (χ4v) is 3.09. The lowest BCUT2D eigenvalue weighted by atomic mass is 10.1. The van der Waals surface area contributed by atoms with Gasteiger partial charge in [-0.25, -0.2) is 0 Å². The van der Waals surface area contributed by atoms with Crippen LogP contribution in [0.5, 0.6) is 0 Å². The van der Waals surface area contributed by atoms with Crippen LogP contribution in [-0.2, 0) is 22.7 Å². The monoisotopic (exact) mass is 313 g/mol. The van der Waals surface area contributed by atoms with Crippen LogP contribution in [0, 0.1) is 6.92 Å². The molecule has 0 spiro atoms. The van der Waals surface area contributed by atoms with Crippen molar-refractivity contribution in [3.8, 4) is 0 Å². The van der Waals surface area contributed by atoms with Gasteiger partial charge in [0.25, 0.3) is 0 Å². The highest BCUT2D eigenvalue weighted by Crippen LogP contribution is 2.29. The molecule has 1 unspecified atom stereocenters. The molecule has 2 rings (SSSR count). The summed E-state index contributed by atoms with van der Waals surface area (Å²) in [5.41, 5.74) is 7.06. The maximum atomic E-state index is 12.5. The van der Waals surface area contributed by atoms with Crippen LogP contribution in [0.2, 0.25) is 0 Å². The third-order valence-electron chi connectivity index (χ3n) is 2.99. The van der Waals surface area contributed by atoms with Crippen molar-refractivity contribution in [1.29, 1.82) is 0 Å². The van der Waals surface area contributed by atoms with E-state index < -0.39 is 22.5 Å². The normalized spacial score (nSPS) is 13.1. The van der Waals surface area contributed by atoms with Crippen molar-refractivity contribution in [2.24, 2.45) is 0 Å². The summed E-state index contributed by atoms with van der Waals surface area (Å²) in [4.78, 5) is 0.500. The van der Waals surface area contributed by atoms with Crippen LogP contribution in [-0.4, -0.2) is 4.21 Å². The molecule has 2 aromatic rings. The second kappa shape index (κ2) is 5.89. The van der Waals surface area contributed by atoms with Gasteiger partial charge in [-0.3, -0.25) is 4.21 Å². The third kappa shape index (κ3) is 3.85. The fraction of sp³-hybridized carbons (Fsp3) is 0.200. The van der Waals surface area contributed by atoms with Crippen LogP contribution in [0.3, 0.4) is 0 Å². The van der Waals surface area contributed by atoms with E-state index in [4.69, 9.17) is 5.73 Å². The van der Waals surface area contributed by atoms with Gasteiger partial charge >= 0.3 is 6.18 Å². The van der Waals surface area contributed by atoms with E-state index in [9.17, 15) is 17.4 Å². The van der Waals surface area contributed by atoms with Gasteiger partial charge in [-0.1, -0.05) is 18.2 Å². The van der Waals surface area contributed by atoms with E-state index in [1.165, 1.54) is 12.1 Å². The molecule has 0 saturated heterocycles. The minimum atomic E-state index is -4.36. The van der Waals surface area contributed by atoms with Crippen LogP contribution in [0.25, 0.3) is 0 Å². The van der Waals surface area contributed by atoms with Crippen LogP contribution >= 0.6 is 0 Å². The average molecular weight is 313 g/mol. The second-order valence-electron chi connectivity index (χ2n) is 4.73. The predicted molar refractivity (Wildman–Crippen MR) is 77.1 cm³/mol. The molecule has 21 heavy (non-hydrogen) atoms. The maximum absolute atomic E-state index is 12.5. The summed E-state index contributed by atoms with van der Waals surface area (Å²) in [7, 11) is -1.39. The molecule has 0 amide bonds. The molecule has 0 radical (unpaired) electrons. The first-order chi connectivity index (χ1) is 9.77. The van der Waals surface area contributed by atoms with E-state index in [-0.39, 0.29) is 5.75 Å². The van der Waals surface area contributed by atoms with Crippen molar-refractivity contribution < 1.29 is 17.4 Å². The predicted octanol–water partition coefficient (Wildman–Crippen LogP) is 3.90. The lowest BCUT2D eigenvalue weighted by Crippen LogP contribution is -2.05. The van der Waals surface area contributed by atoms with Crippen LogP contribution < -0.4 is 5.73 Å². The number of hydrogen-bond acceptors (Lipinski definition) is 2. The molecule has 0 aliphatic heterocycles. The Bertz CT molecular complexity index is 666. The number of aryl methyl sites for hydroxylation is 1. The van der Waals surface area contributed by atoms with E-state index in [2.05, 4.69) is 0 Å². The smallest absolute Gasteiger partial charge is 0.398 e. The summed E-state index contributed by atoms with van der Waals surface area (Å²) in [5, 5.41) is 0. The topological polar surface area (TPSA) is 43.1 Å². The number of alkyl halides is 3. The van der Waals surface area contributed by atoms with Crippen molar-refractivity contribution in [3.05, 3.63) is 59.2 Å². The molecule has 0 saturated carbocycles. The summed E-state index contributed by atoms with van der Waals surface area (Å²) < 4.78 is 49.6. The van der Waals surface area contributed by atoms with Gasteiger partial charge in [0, 0.05) is 5.69 Å². The standard InChI is InChI=1S/C15H14F3NOS/c1-10-2-7-14(13(19)8-10)21(20)9-11-3-5-12(6-4-11)15(16,17)18/h2-8H,9,19H2,1H3. The van der Waals surface area contributed by atoms with Gasteiger partial charge in [-0.2, -0.15) is 13.2 Å². The molecule has 2 N–H and O–H groups in total. The largest absolute Gasteiger partial charge is 0.416 e. The quantitative estimate of drug-likeness (QED) is 0.873. The van der Waals surface area contributed by atoms with E-state index in [1.807, 2.05) is 6.92 Å². The van der Waals surface area contributed by atoms with Crippen LogP contribution in [0.1, 0.15) is 16.7 Å². The Balaban J connectivity index is 2.16. The zero-order chi connectivity index (χ0) is 15.6. The highest BCUT2D eigenvalue weighted by atomic mass is 32.2. The fourth-order valence-electron chi connectivity index (χ4n) is 1.89. The van der Waals surface area contributed by atoms with Crippen molar-refractivity contribution in [2.45, 2.75) is 23.7 Å². The first-order valence-electron chi connectivity index (χ1n) is 6.18. The van der Waals surface area contributed by atoms with E-state index >= 15 is 0 Å². The Morgan fingerprint density at radius 3 is 2.24 bits per heavy atom. The van der Waals surface area contributed by atoms with Gasteiger partial charge in [-0.15, -0.1) is 0 Å². The summed E-state index contributed by atoms with van der Waals surface area (Å²) in [6.45, 7) is 1.87. The third-order valence-corrected chi connectivity index (χ3v) is 4.45. The summed E-state index contributed by atoms with van der Waals surface area (Å²) in [5.74, 6) is 0.130. The highest BCUT2D eigenvalue weighted by Gasteiger charge is 2.29. The summed E-state index contributed by atoms with van der Waals surface area (Å²) in [6.07, 6.45) is -4.36. The van der Waals surface area contributed by atoms with Crippen molar-refractivity contribution in [2.75, 3.05) is 5.73 Å². The summed E-state index contributed by atoms with van der Waals surface area (Å²) in [6, 6.07) is 9.87. The minimum Gasteiger partial charge on any atom is -0.398 e. The molecule has 0 heterocycles. The lowest BCUT2D eigenvalue weighted by Gasteiger charge is -2.09. The first kappa shape index (κ1) is 15.6. The molecule has 1 atom stereocenters. The Kier molecular flexibility index (Phi) is 4.37. The number of nitrogens with two attached hydrogens (primary N) is 1. The molecule has 2 nitrogen and oxygen atoms in total. The molecular weight excluding hydrogens is 299 g/mol. The van der Waals surface area contributed by atoms with E-state index in [0.29, 0.717) is 16.1 Å². The molecule has 0 bridgehead atoms. The highest BCUT2D eigenvalue weighted by molar-refractivity contribution is 7.84. The van der Waals surface area contributed by atoms with Crippen molar-refractivity contribution in [3.63, 3.8) is 0 Å². The van der Waals surface area contributed by atoms with Crippen molar-refractivity contribution in [1.82, 2.24) is 0 Å². The number of halogens is 3. The van der Waals surface area contributed by atoms with E-state index in [1.54, 1.807) is 18.2 Å². The van der Waals surface area contributed by atoms with Crippen LogP contribution in [0.4, 0.5) is 18.9 Å². The maximum Gasteiger partial charge on any atom is 0.416 e. The second-order valence-corrected chi connectivity index (χ2v) is 6.15. The lowest BCUT2D eigenvalue weighted by molar-refractivity contribution is -0.137. The molecule has 6 heteroatoms. The molecule has 2 aromatic carbocycles. The SMILES string of the molecule is Cc1ccc(S(=O)Cc2ccc(C(F)(F)F)cc2)c(N)c1. The molecule has 0 fully saturated rings. The first-order valence-corrected chi connectivity index (χ1v) is 7.50. The van der Waals surface area contributed by atoms with Gasteiger partial charge in [0.15, 0.2) is 0 Å². The van der Waals surface area contributed by atoms with Gasteiger partial charge < -0.3 is 5.73 Å². The minimum absolute atomic E-state index is 0.130. The molecule has 0 aromatic heterocycles. The van der Waals surface area contributed by atoms with Gasteiger partial charge in [0.2, 0.25) is 0 Å². The number of nitrogen functional groups attached to an aromatic ring is 1. The number of hydrogen-bond donors (Lipinski definition) is 1. The summed E-state index contributed by atoms with van der Waals surface area (Å²) >= 11 is 0. The van der Waals surface area contributed by atoms with Gasteiger partial charge in [-0.05, 0) is 42.3 Å². The molecule has 112 valence electrons. The Morgan fingerprint density at radius 1 is 1.10 bits per heavy atom. The number of anilines is 1. The Morgan fingerprint density at radius 2 is 1.71 bits per heavy atom. The zero-order valence-corrected chi connectivity index (χ0v) is 12.1. The molecule has 0 aliphatic rings. The van der Waals surface area contributed by atoms with E-state index in [0.717, 1.165) is 17.7 Å². The number of rotatable bonds is 3. The van der Waals surface area contributed by atoms with Crippen molar-refractivity contribution >= 4 is 16.5 Å². The zero-order valence-electron chi connectivity index (χ0n) is 11.3.